The van der Waals surface area contributed by atoms with Crippen LogP contribution in [-0.2, 0) is 13.5 Å². The van der Waals surface area contributed by atoms with Crippen LogP contribution >= 0.6 is 0 Å². The van der Waals surface area contributed by atoms with E-state index in [0.717, 1.165) is 16.6 Å². The van der Waals surface area contributed by atoms with Crippen LogP contribution in [0.1, 0.15) is 18.4 Å². The van der Waals surface area contributed by atoms with E-state index in [9.17, 15) is 14.0 Å². The summed E-state index contributed by atoms with van der Waals surface area (Å²) in [5, 5.41) is 3.74. The summed E-state index contributed by atoms with van der Waals surface area (Å²) < 4.78 is 15.9. The lowest BCUT2D eigenvalue weighted by atomic mass is 10.1. The average Bonchev–Trinajstić information content (AvgIpc) is 2.82. The Balaban J connectivity index is 1.63. The summed E-state index contributed by atoms with van der Waals surface area (Å²) in [6.07, 6.45) is 3.67. The van der Waals surface area contributed by atoms with Gasteiger partial charge in [-0.1, -0.05) is 12.1 Å². The smallest absolute Gasteiger partial charge is 0.338 e. The van der Waals surface area contributed by atoms with Gasteiger partial charge in [-0.05, 0) is 37.0 Å². The molecule has 0 spiro atoms. The lowest BCUT2D eigenvalue weighted by Crippen LogP contribution is -2.52. The number of imidazole rings is 1. The lowest BCUT2D eigenvalue weighted by Gasteiger charge is -2.30. The molecule has 3 heterocycles. The number of hydrogen-bond donors (Lipinski definition) is 1. The van der Waals surface area contributed by atoms with Gasteiger partial charge in [0, 0.05) is 26.3 Å². The Hall–Kier alpha value is -2.90. The van der Waals surface area contributed by atoms with Crippen LogP contribution in [0, 0.1) is 5.82 Å². The van der Waals surface area contributed by atoms with Gasteiger partial charge in [-0.3, -0.25) is 4.57 Å². The van der Waals surface area contributed by atoms with Gasteiger partial charge in [0.1, 0.15) is 17.3 Å². The molecule has 0 radical (unpaired) electrons. The second-order valence-electron chi connectivity index (χ2n) is 6.63. The number of carbonyl (C=O) groups excluding carboxylic acids is 1. The molecule has 1 aromatic carbocycles. The van der Waals surface area contributed by atoms with Crippen LogP contribution in [0.25, 0.3) is 6.20 Å². The summed E-state index contributed by atoms with van der Waals surface area (Å²) in [4.78, 5) is 31.3. The molecule has 2 aromatic rings. The number of likely N-dealkylation sites (tertiary alicyclic amines) is 1. The zero-order valence-electron chi connectivity index (χ0n) is 14.5. The number of rotatable bonds is 3. The normalized spacial score (nSPS) is 18.2. The highest BCUT2D eigenvalue weighted by molar-refractivity contribution is 5.77. The number of aromatic nitrogens is 2. The summed E-state index contributed by atoms with van der Waals surface area (Å²) in [6, 6.07) is 6.15. The first-order chi connectivity index (χ1) is 12.5. The Kier molecular flexibility index (Phi) is 4.10. The molecule has 1 N–H and O–H groups in total. The topological polar surface area (TPSA) is 71.6 Å². The number of nitrogens with one attached hydrogen (secondary N) is 1. The summed E-state index contributed by atoms with van der Waals surface area (Å²) in [6.45, 7) is 1.33. The van der Waals surface area contributed by atoms with E-state index in [1.807, 2.05) is 6.07 Å². The molecule has 2 aliphatic rings. The number of nitrogens with zero attached hydrogens (tertiary/aromatic N) is 4. The molecular formula is C18H20FN5O2. The molecular weight excluding hydrogens is 337 g/mol. The Bertz CT molecular complexity index is 1030. The van der Waals surface area contributed by atoms with E-state index < -0.39 is 0 Å². The Morgan fingerprint density at radius 1 is 1.38 bits per heavy atom. The molecule has 1 amide bonds. The molecule has 4 rings (SSSR count). The number of fused-ring (bicyclic) bond motifs is 1. The van der Waals surface area contributed by atoms with Crippen molar-refractivity contribution in [3.8, 4) is 0 Å². The van der Waals surface area contributed by atoms with Crippen LogP contribution in [0.4, 0.5) is 9.18 Å². The van der Waals surface area contributed by atoms with Gasteiger partial charge >= 0.3 is 11.7 Å². The maximum atomic E-state index is 13.3. The van der Waals surface area contributed by atoms with Crippen molar-refractivity contribution in [2.45, 2.75) is 25.4 Å². The fourth-order valence-corrected chi connectivity index (χ4v) is 3.22. The first-order valence-electron chi connectivity index (χ1n) is 8.70. The number of carbonyl (C=O) groups is 1. The highest BCUT2D eigenvalue weighted by Crippen LogP contribution is 2.09. The molecule has 1 saturated heterocycles. The Morgan fingerprint density at radius 2 is 2.19 bits per heavy atom. The van der Waals surface area contributed by atoms with E-state index in [1.54, 1.807) is 24.2 Å². The van der Waals surface area contributed by atoms with Crippen molar-refractivity contribution >= 4 is 12.2 Å². The van der Waals surface area contributed by atoms with Gasteiger partial charge in [-0.15, -0.1) is 0 Å². The van der Waals surface area contributed by atoms with E-state index in [4.69, 9.17) is 0 Å². The van der Waals surface area contributed by atoms with Gasteiger partial charge in [0.25, 0.3) is 0 Å². The Labute approximate surface area is 149 Å². The lowest BCUT2D eigenvalue weighted by molar-refractivity contribution is 0.167. The van der Waals surface area contributed by atoms with Crippen molar-refractivity contribution in [3.63, 3.8) is 0 Å². The highest BCUT2D eigenvalue weighted by Gasteiger charge is 2.26. The van der Waals surface area contributed by atoms with Crippen molar-refractivity contribution < 1.29 is 9.18 Å². The van der Waals surface area contributed by atoms with Crippen molar-refractivity contribution in [1.29, 1.82) is 0 Å². The van der Waals surface area contributed by atoms with E-state index in [0.29, 0.717) is 36.8 Å². The molecule has 0 aliphatic carbocycles. The zero-order valence-corrected chi connectivity index (χ0v) is 14.5. The van der Waals surface area contributed by atoms with Gasteiger partial charge in [0.2, 0.25) is 0 Å². The van der Waals surface area contributed by atoms with Gasteiger partial charge in [0.05, 0.1) is 0 Å². The van der Waals surface area contributed by atoms with Crippen molar-refractivity contribution in [2.75, 3.05) is 13.1 Å². The second kappa shape index (κ2) is 6.44. The van der Waals surface area contributed by atoms with E-state index in [2.05, 4.69) is 10.3 Å². The number of halogens is 1. The maximum Gasteiger partial charge on any atom is 0.338 e. The van der Waals surface area contributed by atoms with Gasteiger partial charge in [-0.25, -0.2) is 19.0 Å². The third-order valence-electron chi connectivity index (χ3n) is 4.88. The molecule has 1 fully saturated rings. The molecule has 2 aliphatic heterocycles. The van der Waals surface area contributed by atoms with Crippen LogP contribution in [0.3, 0.4) is 0 Å². The molecule has 26 heavy (non-hydrogen) atoms. The molecule has 1 unspecified atom stereocenters. The van der Waals surface area contributed by atoms with Crippen molar-refractivity contribution in [2.24, 2.45) is 12.0 Å². The zero-order chi connectivity index (χ0) is 18.3. The van der Waals surface area contributed by atoms with Crippen LogP contribution in [-0.4, -0.2) is 39.3 Å². The molecule has 0 saturated carbocycles. The average molecular weight is 357 g/mol. The van der Waals surface area contributed by atoms with Gasteiger partial charge < -0.3 is 10.2 Å². The largest absolute Gasteiger partial charge is 0.368 e. The van der Waals surface area contributed by atoms with E-state index in [-0.39, 0.29) is 23.7 Å². The number of amides is 1. The number of aryl methyl sites for hydroxylation is 1. The first kappa shape index (κ1) is 16.6. The molecule has 1 aromatic heterocycles. The fraction of sp³-hybridized carbons (Fsp3) is 0.389. The monoisotopic (exact) mass is 357 g/mol. The fourth-order valence-electron chi connectivity index (χ4n) is 3.22. The summed E-state index contributed by atoms with van der Waals surface area (Å²) in [5.74, 6) is -0.262. The summed E-state index contributed by atoms with van der Waals surface area (Å²) >= 11 is 0. The maximum absolute atomic E-state index is 13.3. The van der Waals surface area contributed by atoms with Crippen LogP contribution < -0.4 is 21.8 Å². The number of hydrogen-bond acceptors (Lipinski definition) is 4. The predicted molar refractivity (Wildman–Crippen MR) is 93.5 cm³/mol. The third kappa shape index (κ3) is 2.81. The standard InChI is InChI=1S/C18H20FN5O2/c1-22-14-11-20-15(7-6-12-4-2-5-13(19)10-12)21-16(14)24(17(22)25)18(26)23-8-3-9-23/h2,4-5,10-11,15,20H,3,6-9H2,1H3. The summed E-state index contributed by atoms with van der Waals surface area (Å²) in [5.41, 5.74) is 0.881. The van der Waals surface area contributed by atoms with Crippen LogP contribution in [0.5, 0.6) is 0 Å². The minimum Gasteiger partial charge on any atom is -0.368 e. The highest BCUT2D eigenvalue weighted by atomic mass is 19.1. The van der Waals surface area contributed by atoms with Gasteiger partial charge in [-0.2, -0.15) is 4.57 Å². The number of benzene rings is 1. The quantitative estimate of drug-likeness (QED) is 0.835. The second-order valence-corrected chi connectivity index (χ2v) is 6.63. The van der Waals surface area contributed by atoms with Crippen molar-refractivity contribution in [3.05, 3.63) is 57.0 Å². The minimum absolute atomic E-state index is 0.262. The van der Waals surface area contributed by atoms with Crippen LogP contribution in [0.15, 0.2) is 34.1 Å². The third-order valence-corrected chi connectivity index (χ3v) is 4.88. The first-order valence-corrected chi connectivity index (χ1v) is 8.70. The molecule has 8 heteroatoms. The SMILES string of the molecule is Cn1c2c(n(C(=O)N3CCC3)c1=O)=NC(CCc1cccc(F)c1)NC=2. The van der Waals surface area contributed by atoms with Crippen LogP contribution in [0.2, 0.25) is 0 Å². The van der Waals surface area contributed by atoms with Crippen molar-refractivity contribution in [1.82, 2.24) is 19.4 Å². The predicted octanol–water partition coefficient (Wildman–Crippen LogP) is -0.0806. The van der Waals surface area contributed by atoms with E-state index in [1.165, 1.54) is 16.7 Å². The minimum atomic E-state index is -0.389. The molecule has 1 atom stereocenters. The molecule has 136 valence electrons. The Morgan fingerprint density at radius 3 is 2.88 bits per heavy atom. The summed E-state index contributed by atoms with van der Waals surface area (Å²) in [7, 11) is 1.63. The van der Waals surface area contributed by atoms with Gasteiger partial charge in [0.15, 0.2) is 5.49 Å². The molecule has 0 bridgehead atoms. The molecule has 7 nitrogen and oxygen atoms in total. The van der Waals surface area contributed by atoms with E-state index >= 15 is 0 Å².